The Morgan fingerprint density at radius 1 is 1.32 bits per heavy atom. The molecular formula is C18H22N4O3. The van der Waals surface area contributed by atoms with Crippen LogP contribution in [0.25, 0.3) is 0 Å². The van der Waals surface area contributed by atoms with E-state index in [1.807, 2.05) is 12.3 Å². The van der Waals surface area contributed by atoms with E-state index in [2.05, 4.69) is 22.3 Å². The number of hydrogen-bond acceptors (Lipinski definition) is 4. The van der Waals surface area contributed by atoms with E-state index in [4.69, 9.17) is 4.74 Å². The molecule has 0 spiro atoms. The third-order valence-electron chi connectivity index (χ3n) is 3.39. The van der Waals surface area contributed by atoms with Crippen LogP contribution in [0.1, 0.15) is 12.0 Å². The van der Waals surface area contributed by atoms with Crippen molar-refractivity contribution in [3.63, 3.8) is 0 Å². The fourth-order valence-electron chi connectivity index (χ4n) is 2.25. The smallest absolute Gasteiger partial charge is 0.247 e. The number of carbonyl (C=O) groups is 2. The first-order chi connectivity index (χ1) is 12.1. The normalized spacial score (nSPS) is 10.3. The van der Waals surface area contributed by atoms with Gasteiger partial charge in [0.25, 0.3) is 0 Å². The highest BCUT2D eigenvalue weighted by Crippen LogP contribution is 2.12. The molecular weight excluding hydrogens is 320 g/mol. The quantitative estimate of drug-likeness (QED) is 0.540. The van der Waals surface area contributed by atoms with Crippen molar-refractivity contribution in [1.29, 1.82) is 0 Å². The Kier molecular flexibility index (Phi) is 6.91. The number of rotatable bonds is 9. The van der Waals surface area contributed by atoms with Crippen LogP contribution >= 0.6 is 0 Å². The summed E-state index contributed by atoms with van der Waals surface area (Å²) < 4.78 is 6.76. The molecule has 0 saturated carbocycles. The number of carbonyl (C=O) groups excluding carboxylic acids is 2. The van der Waals surface area contributed by atoms with Gasteiger partial charge in [-0.2, -0.15) is 5.10 Å². The number of aryl methyl sites for hydroxylation is 1. The van der Waals surface area contributed by atoms with Crippen molar-refractivity contribution >= 4 is 23.3 Å². The molecule has 2 N–H and O–H groups in total. The summed E-state index contributed by atoms with van der Waals surface area (Å²) >= 11 is 0. The molecule has 0 bridgehead atoms. The van der Waals surface area contributed by atoms with Crippen LogP contribution in [0.4, 0.5) is 11.5 Å². The summed E-state index contributed by atoms with van der Waals surface area (Å²) in [5, 5.41) is 9.73. The lowest BCUT2D eigenvalue weighted by Crippen LogP contribution is -2.15. The van der Waals surface area contributed by atoms with Crippen LogP contribution in [0.15, 0.2) is 49.2 Å². The first kappa shape index (κ1) is 18.4. The number of methoxy groups -OCH3 is 1. The molecule has 2 amide bonds. The number of anilines is 2. The van der Waals surface area contributed by atoms with E-state index < -0.39 is 0 Å². The van der Waals surface area contributed by atoms with E-state index in [0.29, 0.717) is 18.1 Å². The summed E-state index contributed by atoms with van der Waals surface area (Å²) in [6, 6.07) is 8.87. The van der Waals surface area contributed by atoms with Crippen LogP contribution in [-0.2, 0) is 27.3 Å². The van der Waals surface area contributed by atoms with Crippen LogP contribution in [0, 0.1) is 0 Å². The Morgan fingerprint density at radius 3 is 2.92 bits per heavy atom. The van der Waals surface area contributed by atoms with Crippen LogP contribution in [0.2, 0.25) is 0 Å². The Morgan fingerprint density at radius 2 is 2.16 bits per heavy atom. The molecule has 1 heterocycles. The van der Waals surface area contributed by atoms with Crippen LogP contribution in [-0.4, -0.2) is 35.3 Å². The largest absolute Gasteiger partial charge is 0.385 e. The number of aromatic nitrogens is 2. The molecule has 7 nitrogen and oxygen atoms in total. The first-order valence-corrected chi connectivity index (χ1v) is 7.95. The van der Waals surface area contributed by atoms with Crippen molar-refractivity contribution < 1.29 is 14.3 Å². The number of hydrogen-bond donors (Lipinski definition) is 2. The molecule has 0 aliphatic carbocycles. The molecule has 132 valence electrons. The maximum Gasteiger partial charge on any atom is 0.247 e. The molecule has 2 rings (SSSR count). The topological polar surface area (TPSA) is 85.2 Å². The summed E-state index contributed by atoms with van der Waals surface area (Å²) in [6.07, 6.45) is 4.06. The van der Waals surface area contributed by atoms with Gasteiger partial charge in [-0.05, 0) is 30.2 Å². The van der Waals surface area contributed by atoms with Gasteiger partial charge in [-0.1, -0.05) is 18.7 Å². The summed E-state index contributed by atoms with van der Waals surface area (Å²) in [4.78, 5) is 23.5. The second kappa shape index (κ2) is 9.39. The van der Waals surface area contributed by atoms with E-state index in [1.54, 1.807) is 36.1 Å². The average molecular weight is 342 g/mol. The predicted molar refractivity (Wildman–Crippen MR) is 96.3 cm³/mol. The summed E-state index contributed by atoms with van der Waals surface area (Å²) in [5.74, 6) is 0.0495. The fourth-order valence-corrected chi connectivity index (χ4v) is 2.25. The molecule has 1 aromatic heterocycles. The molecule has 0 radical (unpaired) electrons. The lowest BCUT2D eigenvalue weighted by Gasteiger charge is -2.06. The predicted octanol–water partition coefficient (Wildman–Crippen LogP) is 2.23. The molecule has 1 aromatic carbocycles. The number of amides is 2. The monoisotopic (exact) mass is 342 g/mol. The highest BCUT2D eigenvalue weighted by molar-refractivity contribution is 5.99. The third kappa shape index (κ3) is 6.23. The fraction of sp³-hybridized carbons (Fsp3) is 0.278. The van der Waals surface area contributed by atoms with Crippen molar-refractivity contribution in [2.75, 3.05) is 24.4 Å². The molecule has 0 aliphatic rings. The van der Waals surface area contributed by atoms with Crippen molar-refractivity contribution in [3.05, 3.63) is 54.7 Å². The first-order valence-electron chi connectivity index (χ1n) is 7.95. The highest BCUT2D eigenvalue weighted by atomic mass is 16.5. The number of benzene rings is 1. The zero-order valence-corrected chi connectivity index (χ0v) is 14.2. The van der Waals surface area contributed by atoms with Gasteiger partial charge >= 0.3 is 0 Å². The third-order valence-corrected chi connectivity index (χ3v) is 3.39. The molecule has 0 unspecified atom stereocenters. The zero-order chi connectivity index (χ0) is 18.1. The molecule has 2 aromatic rings. The van der Waals surface area contributed by atoms with Gasteiger partial charge in [0.2, 0.25) is 11.8 Å². The summed E-state index contributed by atoms with van der Waals surface area (Å²) in [7, 11) is 1.66. The van der Waals surface area contributed by atoms with Gasteiger partial charge in [0, 0.05) is 38.2 Å². The van der Waals surface area contributed by atoms with Gasteiger partial charge in [-0.15, -0.1) is 0 Å². The number of nitrogens with one attached hydrogen (secondary N) is 2. The number of ether oxygens (including phenoxy) is 1. The van der Waals surface area contributed by atoms with Crippen molar-refractivity contribution in [2.24, 2.45) is 0 Å². The zero-order valence-electron chi connectivity index (χ0n) is 14.2. The van der Waals surface area contributed by atoms with E-state index >= 15 is 0 Å². The van der Waals surface area contributed by atoms with Gasteiger partial charge < -0.3 is 15.4 Å². The Hall–Kier alpha value is -2.93. The minimum Gasteiger partial charge on any atom is -0.385 e. The Labute approximate surface area is 146 Å². The molecule has 0 fully saturated rings. The SMILES string of the molecule is C=CC(=O)Nc1cccc(CC(=O)Nc2ccn(CCCOC)n2)c1. The summed E-state index contributed by atoms with van der Waals surface area (Å²) in [6.45, 7) is 4.81. The highest BCUT2D eigenvalue weighted by Gasteiger charge is 2.07. The molecule has 0 aliphatic heterocycles. The van der Waals surface area contributed by atoms with Crippen molar-refractivity contribution in [1.82, 2.24) is 9.78 Å². The van der Waals surface area contributed by atoms with Crippen molar-refractivity contribution in [3.8, 4) is 0 Å². The second-order valence-electron chi connectivity index (χ2n) is 5.43. The molecule has 0 saturated heterocycles. The van der Waals surface area contributed by atoms with E-state index in [0.717, 1.165) is 18.5 Å². The Bertz CT molecular complexity index is 739. The lowest BCUT2D eigenvalue weighted by atomic mass is 10.1. The Balaban J connectivity index is 1.88. The number of nitrogens with zero attached hydrogens (tertiary/aromatic N) is 2. The van der Waals surface area contributed by atoms with Crippen LogP contribution < -0.4 is 10.6 Å². The maximum absolute atomic E-state index is 12.2. The minimum atomic E-state index is -0.291. The molecule has 25 heavy (non-hydrogen) atoms. The van der Waals surface area contributed by atoms with Gasteiger partial charge in [0.1, 0.15) is 0 Å². The van der Waals surface area contributed by atoms with Gasteiger partial charge in [0.05, 0.1) is 6.42 Å². The summed E-state index contributed by atoms with van der Waals surface area (Å²) in [5.41, 5.74) is 1.41. The van der Waals surface area contributed by atoms with E-state index in [9.17, 15) is 9.59 Å². The van der Waals surface area contributed by atoms with E-state index in [-0.39, 0.29) is 18.2 Å². The lowest BCUT2D eigenvalue weighted by molar-refractivity contribution is -0.115. The average Bonchev–Trinajstić information content (AvgIpc) is 3.02. The van der Waals surface area contributed by atoms with Gasteiger partial charge in [0.15, 0.2) is 5.82 Å². The van der Waals surface area contributed by atoms with Gasteiger partial charge in [-0.3, -0.25) is 14.3 Å². The van der Waals surface area contributed by atoms with Crippen molar-refractivity contribution in [2.45, 2.75) is 19.4 Å². The van der Waals surface area contributed by atoms with E-state index in [1.165, 1.54) is 6.08 Å². The maximum atomic E-state index is 12.2. The van der Waals surface area contributed by atoms with Crippen LogP contribution in [0.5, 0.6) is 0 Å². The molecule has 7 heteroatoms. The standard InChI is InChI=1S/C18H22N4O3/c1-3-17(23)19-15-7-4-6-14(12-15)13-18(24)20-16-8-10-22(21-16)9-5-11-25-2/h3-4,6-8,10,12H,1,5,9,11,13H2,2H3,(H,19,23)(H,20,21,24). The van der Waals surface area contributed by atoms with Gasteiger partial charge in [-0.25, -0.2) is 0 Å². The van der Waals surface area contributed by atoms with Crippen LogP contribution in [0.3, 0.4) is 0 Å². The molecule has 0 atom stereocenters. The minimum absolute atomic E-state index is 0.172. The second-order valence-corrected chi connectivity index (χ2v) is 5.43.